The van der Waals surface area contributed by atoms with Crippen molar-refractivity contribution in [3.8, 4) is 18.1 Å². The topological polar surface area (TPSA) is 21.3 Å². The molecule has 1 aromatic rings. The molecule has 1 N–H and O–H groups in total. The molecule has 0 bridgehead atoms. The van der Waals surface area contributed by atoms with Gasteiger partial charge in [-0.3, -0.25) is 0 Å². The molecule has 0 fully saturated rings. The summed E-state index contributed by atoms with van der Waals surface area (Å²) in [6, 6.07) is 5.96. The minimum Gasteiger partial charge on any atom is -0.492 e. The van der Waals surface area contributed by atoms with Crippen molar-refractivity contribution >= 4 is 15.9 Å². The highest BCUT2D eigenvalue weighted by molar-refractivity contribution is 9.10. The van der Waals surface area contributed by atoms with Crippen molar-refractivity contribution < 1.29 is 4.74 Å². The predicted octanol–water partition coefficient (Wildman–Crippen LogP) is 2.57. The molecule has 0 saturated heterocycles. The van der Waals surface area contributed by atoms with E-state index in [1.807, 2.05) is 25.2 Å². The molecule has 0 radical (unpaired) electrons. The highest BCUT2D eigenvalue weighted by Crippen LogP contribution is 2.23. The van der Waals surface area contributed by atoms with Crippen molar-refractivity contribution in [3.63, 3.8) is 0 Å². The van der Waals surface area contributed by atoms with E-state index in [1.54, 1.807) is 0 Å². The summed E-state index contributed by atoms with van der Waals surface area (Å²) in [7, 11) is 1.91. The number of halogens is 1. The molecule has 0 aliphatic carbocycles. The Labute approximate surface area is 99.2 Å². The molecule has 0 atom stereocenters. The van der Waals surface area contributed by atoms with Gasteiger partial charge in [0.2, 0.25) is 0 Å². The average Bonchev–Trinajstić information content (AvgIpc) is 2.22. The predicted molar refractivity (Wildman–Crippen MR) is 65.9 cm³/mol. The zero-order valence-corrected chi connectivity index (χ0v) is 10.3. The summed E-state index contributed by atoms with van der Waals surface area (Å²) in [6.45, 7) is 1.35. The largest absolute Gasteiger partial charge is 0.492 e. The van der Waals surface area contributed by atoms with Gasteiger partial charge in [-0.25, -0.2) is 0 Å². The van der Waals surface area contributed by atoms with Gasteiger partial charge in [-0.1, -0.05) is 15.9 Å². The van der Waals surface area contributed by atoms with Crippen molar-refractivity contribution in [2.24, 2.45) is 0 Å². The lowest BCUT2D eigenvalue weighted by Crippen LogP contribution is -2.08. The summed E-state index contributed by atoms with van der Waals surface area (Å²) >= 11 is 3.43. The first-order valence-corrected chi connectivity index (χ1v) is 5.56. The first-order valence-electron chi connectivity index (χ1n) is 4.77. The van der Waals surface area contributed by atoms with Crippen LogP contribution < -0.4 is 10.1 Å². The van der Waals surface area contributed by atoms with Gasteiger partial charge in [0.25, 0.3) is 0 Å². The van der Waals surface area contributed by atoms with Crippen LogP contribution in [0, 0.1) is 12.3 Å². The minimum atomic E-state index is 0.564. The van der Waals surface area contributed by atoms with Gasteiger partial charge in [0.15, 0.2) is 0 Å². The Morgan fingerprint density at radius 3 is 3.00 bits per heavy atom. The Morgan fingerprint density at radius 1 is 1.53 bits per heavy atom. The summed E-state index contributed by atoms with van der Waals surface area (Å²) in [6.07, 6.45) is 5.80. The van der Waals surface area contributed by atoms with Crippen molar-refractivity contribution in [1.82, 2.24) is 5.32 Å². The summed E-state index contributed by atoms with van der Waals surface area (Å²) < 4.78 is 6.63. The van der Waals surface area contributed by atoms with Crippen molar-refractivity contribution in [1.29, 1.82) is 0 Å². The molecule has 15 heavy (non-hydrogen) atoms. The van der Waals surface area contributed by atoms with Crippen LogP contribution in [0.2, 0.25) is 0 Å². The van der Waals surface area contributed by atoms with Gasteiger partial charge in [0, 0.05) is 23.0 Å². The number of hydrogen-bond donors (Lipinski definition) is 1. The summed E-state index contributed by atoms with van der Waals surface area (Å²) in [5, 5.41) is 3.10. The standard InChI is InChI=1S/C12H14BrNO/c1-3-4-7-15-12-6-5-11(13)8-10(12)9-14-2/h1,5-6,8,14H,4,7,9H2,2H3. The lowest BCUT2D eigenvalue weighted by atomic mass is 10.2. The lowest BCUT2D eigenvalue weighted by Gasteiger charge is -2.10. The second-order valence-electron chi connectivity index (χ2n) is 3.08. The number of ether oxygens (including phenoxy) is 1. The Bertz CT molecular complexity index is 357. The van der Waals surface area contributed by atoms with Gasteiger partial charge in [-0.2, -0.15) is 0 Å². The molecule has 1 aromatic carbocycles. The van der Waals surface area contributed by atoms with Crippen LogP contribution in [-0.4, -0.2) is 13.7 Å². The molecule has 0 aliphatic rings. The maximum atomic E-state index is 5.58. The highest BCUT2D eigenvalue weighted by Gasteiger charge is 2.03. The van der Waals surface area contributed by atoms with Crippen LogP contribution in [0.15, 0.2) is 22.7 Å². The molecule has 80 valence electrons. The fraction of sp³-hybridized carbons (Fsp3) is 0.333. The van der Waals surface area contributed by atoms with E-state index in [1.165, 1.54) is 0 Å². The Hall–Kier alpha value is -0.980. The second kappa shape index (κ2) is 6.49. The average molecular weight is 268 g/mol. The molecule has 2 nitrogen and oxygen atoms in total. The normalized spacial score (nSPS) is 9.67. The molecule has 3 heteroatoms. The van der Waals surface area contributed by atoms with Gasteiger partial charge >= 0.3 is 0 Å². The third kappa shape index (κ3) is 3.94. The van der Waals surface area contributed by atoms with E-state index in [0.29, 0.717) is 13.0 Å². The quantitative estimate of drug-likeness (QED) is 0.654. The van der Waals surface area contributed by atoms with Crippen molar-refractivity contribution in [3.05, 3.63) is 28.2 Å². The summed E-state index contributed by atoms with van der Waals surface area (Å²) in [5.74, 6) is 3.44. The van der Waals surface area contributed by atoms with Crippen LogP contribution in [0.4, 0.5) is 0 Å². The molecule has 1 rings (SSSR count). The van der Waals surface area contributed by atoms with Crippen LogP contribution >= 0.6 is 15.9 Å². The second-order valence-corrected chi connectivity index (χ2v) is 4.00. The summed E-state index contributed by atoms with van der Waals surface area (Å²) in [5.41, 5.74) is 1.13. The van der Waals surface area contributed by atoms with Crippen LogP contribution in [0.3, 0.4) is 0 Å². The first kappa shape index (κ1) is 12.1. The van der Waals surface area contributed by atoms with Crippen molar-refractivity contribution in [2.75, 3.05) is 13.7 Å². The number of terminal acetylenes is 1. The van der Waals surface area contributed by atoms with E-state index in [0.717, 1.165) is 22.3 Å². The van der Waals surface area contributed by atoms with Crippen LogP contribution in [0.1, 0.15) is 12.0 Å². The van der Waals surface area contributed by atoms with Gasteiger partial charge in [-0.15, -0.1) is 12.3 Å². The molecule has 0 saturated carbocycles. The van der Waals surface area contributed by atoms with Crippen molar-refractivity contribution in [2.45, 2.75) is 13.0 Å². The molecule has 0 aliphatic heterocycles. The number of hydrogen-bond acceptors (Lipinski definition) is 2. The number of nitrogens with one attached hydrogen (secondary N) is 1. The SMILES string of the molecule is C#CCCOc1ccc(Br)cc1CNC. The van der Waals surface area contributed by atoms with E-state index in [9.17, 15) is 0 Å². The number of benzene rings is 1. The molecular weight excluding hydrogens is 254 g/mol. The fourth-order valence-corrected chi connectivity index (χ4v) is 1.65. The Balaban J connectivity index is 2.72. The van der Waals surface area contributed by atoms with Gasteiger partial charge in [0.1, 0.15) is 5.75 Å². The fourth-order valence-electron chi connectivity index (χ4n) is 1.24. The van der Waals surface area contributed by atoms with E-state index in [2.05, 4.69) is 27.2 Å². The molecule has 0 aromatic heterocycles. The number of rotatable bonds is 5. The smallest absolute Gasteiger partial charge is 0.123 e. The maximum absolute atomic E-state index is 5.58. The lowest BCUT2D eigenvalue weighted by molar-refractivity contribution is 0.323. The van der Waals surface area contributed by atoms with Gasteiger partial charge in [-0.05, 0) is 25.2 Å². The minimum absolute atomic E-state index is 0.564. The molecule has 0 amide bonds. The zero-order valence-electron chi connectivity index (χ0n) is 8.72. The Morgan fingerprint density at radius 2 is 2.33 bits per heavy atom. The Kier molecular flexibility index (Phi) is 5.23. The van der Waals surface area contributed by atoms with Crippen LogP contribution in [-0.2, 0) is 6.54 Å². The summed E-state index contributed by atoms with van der Waals surface area (Å²) in [4.78, 5) is 0. The molecule has 0 unspecified atom stereocenters. The molecule has 0 heterocycles. The van der Waals surface area contributed by atoms with E-state index < -0.39 is 0 Å². The van der Waals surface area contributed by atoms with Crippen LogP contribution in [0.5, 0.6) is 5.75 Å². The molecular formula is C12H14BrNO. The monoisotopic (exact) mass is 267 g/mol. The van der Waals surface area contributed by atoms with Gasteiger partial charge in [0.05, 0.1) is 6.61 Å². The maximum Gasteiger partial charge on any atom is 0.123 e. The molecule has 0 spiro atoms. The van der Waals surface area contributed by atoms with E-state index in [-0.39, 0.29) is 0 Å². The first-order chi connectivity index (χ1) is 7.27. The third-order valence-corrected chi connectivity index (χ3v) is 2.39. The zero-order chi connectivity index (χ0) is 11.1. The van der Waals surface area contributed by atoms with E-state index >= 15 is 0 Å². The van der Waals surface area contributed by atoms with Gasteiger partial charge < -0.3 is 10.1 Å². The van der Waals surface area contributed by atoms with E-state index in [4.69, 9.17) is 11.2 Å². The third-order valence-electron chi connectivity index (χ3n) is 1.89. The highest BCUT2D eigenvalue weighted by atomic mass is 79.9. The van der Waals surface area contributed by atoms with Crippen LogP contribution in [0.25, 0.3) is 0 Å².